The molecule has 0 saturated heterocycles. The van der Waals surface area contributed by atoms with Gasteiger partial charge in [0.05, 0.1) is 0 Å². The Kier molecular flexibility index (Phi) is 1.70. The van der Waals surface area contributed by atoms with Crippen LogP contribution in [0.4, 0.5) is 0 Å². The number of carboxylic acid groups (broad SMARTS) is 1. The lowest BCUT2D eigenvalue weighted by Gasteiger charge is -2.06. The van der Waals surface area contributed by atoms with Crippen LogP contribution in [0.1, 0.15) is 6.92 Å². The van der Waals surface area contributed by atoms with Gasteiger partial charge in [0.25, 0.3) is 0 Å². The first-order valence-corrected chi connectivity index (χ1v) is 1.92. The normalized spacial score (nSPS) is 16.8. The molecule has 0 aromatic carbocycles. The number of rotatable bonds is 2. The lowest BCUT2D eigenvalue weighted by atomic mass is 10.1. The molecule has 0 bridgehead atoms. The number of carbonyl (C=O) groups is 1. The first-order chi connectivity index (χ1) is 3.50. The highest BCUT2D eigenvalue weighted by molar-refractivity contribution is 5.96. The van der Waals surface area contributed by atoms with E-state index in [0.29, 0.717) is 0 Å². The lowest BCUT2D eigenvalue weighted by molar-refractivity contribution is -0.140. The van der Waals surface area contributed by atoms with Crippen molar-refractivity contribution in [3.8, 4) is 0 Å². The summed E-state index contributed by atoms with van der Waals surface area (Å²) in [5.74, 6) is -1.37. The van der Waals surface area contributed by atoms with Crippen molar-refractivity contribution in [2.45, 2.75) is 12.5 Å². The van der Waals surface area contributed by atoms with Crippen molar-refractivity contribution in [1.82, 2.24) is 0 Å². The zero-order valence-electron chi connectivity index (χ0n) is 4.34. The van der Waals surface area contributed by atoms with Crippen LogP contribution in [0.3, 0.4) is 0 Å². The molecule has 0 aromatic heterocycles. The van der Waals surface area contributed by atoms with E-state index >= 15 is 0 Å². The second kappa shape index (κ2) is 1.92. The number of hydrogen-bond acceptors (Lipinski definition) is 3. The Bertz CT molecular complexity index is 118. The predicted molar refractivity (Wildman–Crippen MR) is 25.9 cm³/mol. The molecule has 8 heavy (non-hydrogen) atoms. The zero-order valence-corrected chi connectivity index (χ0v) is 4.34. The molecule has 3 N–H and O–H groups in total. The summed E-state index contributed by atoms with van der Waals surface area (Å²) in [4.78, 5) is 19.5. The molecule has 0 spiro atoms. The molecule has 1 unspecified atom stereocenters. The maximum atomic E-state index is 9.86. The predicted octanol–water partition coefficient (Wildman–Crippen LogP) is -1.10. The SMILES string of the molecule is CC(N)([C]=O)C(=O)O. The van der Waals surface area contributed by atoms with Gasteiger partial charge in [-0.25, -0.2) is 4.79 Å². The maximum Gasteiger partial charge on any atom is 0.331 e. The average molecular weight is 116 g/mol. The fraction of sp³-hybridized carbons (Fsp3) is 0.500. The zero-order chi connectivity index (χ0) is 6.78. The molecule has 0 aromatic rings. The standard InChI is InChI=1S/C4H6NO3/c1-4(5,2-6)3(7)8/h5H2,1H3,(H,7,8). The average Bonchev–Trinajstić information content (AvgIpc) is 1.67. The lowest BCUT2D eigenvalue weighted by Crippen LogP contribution is -2.46. The largest absolute Gasteiger partial charge is 0.480 e. The number of nitrogens with two attached hydrogens (primary N) is 1. The van der Waals surface area contributed by atoms with Gasteiger partial charge in [-0.15, -0.1) is 0 Å². The van der Waals surface area contributed by atoms with Crippen LogP contribution in [0, 0.1) is 0 Å². The Hall–Kier alpha value is -0.900. The molecule has 0 saturated carbocycles. The van der Waals surface area contributed by atoms with Crippen LogP contribution in [0.2, 0.25) is 0 Å². The van der Waals surface area contributed by atoms with Crippen molar-refractivity contribution in [2.24, 2.45) is 5.73 Å². The Morgan fingerprint density at radius 3 is 2.25 bits per heavy atom. The molecule has 0 heterocycles. The van der Waals surface area contributed by atoms with E-state index < -0.39 is 11.5 Å². The first kappa shape index (κ1) is 7.10. The van der Waals surface area contributed by atoms with Gasteiger partial charge in [0, 0.05) is 0 Å². The Morgan fingerprint density at radius 1 is 1.88 bits per heavy atom. The molecule has 0 aliphatic carbocycles. The van der Waals surface area contributed by atoms with Gasteiger partial charge < -0.3 is 10.8 Å². The van der Waals surface area contributed by atoms with E-state index in [1.807, 2.05) is 0 Å². The van der Waals surface area contributed by atoms with E-state index in [-0.39, 0.29) is 0 Å². The van der Waals surface area contributed by atoms with E-state index in [4.69, 9.17) is 10.8 Å². The van der Waals surface area contributed by atoms with Crippen LogP contribution < -0.4 is 5.73 Å². The van der Waals surface area contributed by atoms with Crippen LogP contribution in [-0.2, 0) is 9.59 Å². The van der Waals surface area contributed by atoms with Crippen molar-refractivity contribution in [2.75, 3.05) is 0 Å². The van der Waals surface area contributed by atoms with E-state index in [9.17, 15) is 9.59 Å². The molecule has 0 aliphatic rings. The third-order valence-corrected chi connectivity index (χ3v) is 0.656. The highest BCUT2D eigenvalue weighted by Crippen LogP contribution is 1.90. The molecular weight excluding hydrogens is 110 g/mol. The van der Waals surface area contributed by atoms with Crippen molar-refractivity contribution in [3.63, 3.8) is 0 Å². The van der Waals surface area contributed by atoms with Gasteiger partial charge in [-0.2, -0.15) is 0 Å². The highest BCUT2D eigenvalue weighted by atomic mass is 16.4. The summed E-state index contributed by atoms with van der Waals surface area (Å²) in [6, 6.07) is 0. The van der Waals surface area contributed by atoms with Crippen molar-refractivity contribution in [1.29, 1.82) is 0 Å². The topological polar surface area (TPSA) is 80.4 Å². The fourth-order valence-corrected chi connectivity index (χ4v) is 0.0437. The molecule has 4 heteroatoms. The molecule has 45 valence electrons. The monoisotopic (exact) mass is 116 g/mol. The summed E-state index contributed by atoms with van der Waals surface area (Å²) in [7, 11) is 0. The van der Waals surface area contributed by atoms with Gasteiger partial charge >= 0.3 is 5.97 Å². The summed E-state index contributed by atoms with van der Waals surface area (Å²) >= 11 is 0. The van der Waals surface area contributed by atoms with Crippen LogP contribution >= 0.6 is 0 Å². The van der Waals surface area contributed by atoms with Crippen LogP contribution in [0.25, 0.3) is 0 Å². The quantitative estimate of drug-likeness (QED) is 0.448. The summed E-state index contributed by atoms with van der Waals surface area (Å²) in [6.45, 7) is 1.07. The molecule has 4 nitrogen and oxygen atoms in total. The molecule has 0 fully saturated rings. The number of carbonyl (C=O) groups excluding carboxylic acids is 1. The molecule has 0 rings (SSSR count). The van der Waals surface area contributed by atoms with E-state index in [2.05, 4.69) is 0 Å². The van der Waals surface area contributed by atoms with Crippen molar-refractivity contribution in [3.05, 3.63) is 0 Å². The third kappa shape index (κ3) is 1.31. The first-order valence-electron chi connectivity index (χ1n) is 1.92. The fourth-order valence-electron chi connectivity index (χ4n) is 0.0437. The van der Waals surface area contributed by atoms with Crippen LogP contribution in [0.15, 0.2) is 0 Å². The highest BCUT2D eigenvalue weighted by Gasteiger charge is 2.27. The molecule has 1 atom stereocenters. The van der Waals surface area contributed by atoms with E-state index in [0.717, 1.165) is 6.92 Å². The third-order valence-electron chi connectivity index (χ3n) is 0.656. The maximum absolute atomic E-state index is 9.86. The Labute approximate surface area is 46.3 Å². The second-order valence-corrected chi connectivity index (χ2v) is 1.61. The Morgan fingerprint density at radius 2 is 2.25 bits per heavy atom. The van der Waals surface area contributed by atoms with E-state index in [1.165, 1.54) is 6.29 Å². The Balaban J connectivity index is 4.12. The van der Waals surface area contributed by atoms with Gasteiger partial charge in [-0.05, 0) is 6.92 Å². The molecular formula is C4H6NO3. The van der Waals surface area contributed by atoms with Crippen LogP contribution in [0.5, 0.6) is 0 Å². The summed E-state index contributed by atoms with van der Waals surface area (Å²) in [5.41, 5.74) is 2.99. The van der Waals surface area contributed by atoms with Crippen molar-refractivity contribution < 1.29 is 14.7 Å². The van der Waals surface area contributed by atoms with Gasteiger partial charge in [0.1, 0.15) is 0 Å². The van der Waals surface area contributed by atoms with Gasteiger partial charge in [-0.3, -0.25) is 4.79 Å². The van der Waals surface area contributed by atoms with E-state index in [1.54, 1.807) is 0 Å². The van der Waals surface area contributed by atoms with Crippen LogP contribution in [-0.4, -0.2) is 22.9 Å². The molecule has 0 aliphatic heterocycles. The second-order valence-electron chi connectivity index (χ2n) is 1.61. The number of aliphatic carboxylic acids is 1. The van der Waals surface area contributed by atoms with Gasteiger partial charge in [0.15, 0.2) is 5.54 Å². The molecule has 1 radical (unpaired) electrons. The minimum Gasteiger partial charge on any atom is -0.480 e. The van der Waals surface area contributed by atoms with Gasteiger partial charge in [0.2, 0.25) is 6.29 Å². The summed E-state index contributed by atoms with van der Waals surface area (Å²) in [6.07, 6.45) is 1.17. The number of hydrogen-bond donors (Lipinski definition) is 2. The minimum absolute atomic E-state index is 1.07. The molecule has 0 amide bonds. The van der Waals surface area contributed by atoms with Gasteiger partial charge in [-0.1, -0.05) is 0 Å². The van der Waals surface area contributed by atoms with Crippen molar-refractivity contribution >= 4 is 12.3 Å². The number of carboxylic acids is 1. The summed E-state index contributed by atoms with van der Waals surface area (Å²) in [5, 5.41) is 8.05. The smallest absolute Gasteiger partial charge is 0.331 e. The minimum atomic E-state index is -1.85. The summed E-state index contributed by atoms with van der Waals surface area (Å²) < 4.78 is 0.